The van der Waals surface area contributed by atoms with Gasteiger partial charge >= 0.3 is 0 Å². The molecule has 0 radical (unpaired) electrons. The van der Waals surface area contributed by atoms with Crippen molar-refractivity contribution in [1.29, 1.82) is 0 Å². The molecular formula is C21H24. The Balaban J connectivity index is 1.87. The highest BCUT2D eigenvalue weighted by Gasteiger charge is 2.32. The molecule has 0 amide bonds. The average Bonchev–Trinajstić information content (AvgIpc) is 3.10. The van der Waals surface area contributed by atoms with Gasteiger partial charge in [-0.15, -0.1) is 0 Å². The maximum atomic E-state index is 2.41. The monoisotopic (exact) mass is 276 g/mol. The summed E-state index contributed by atoms with van der Waals surface area (Å²) in [5, 5.41) is 0. The van der Waals surface area contributed by atoms with Gasteiger partial charge in [-0.1, -0.05) is 80.1 Å². The van der Waals surface area contributed by atoms with Crippen molar-refractivity contribution < 1.29 is 0 Å². The summed E-state index contributed by atoms with van der Waals surface area (Å²) < 4.78 is 0. The third kappa shape index (κ3) is 2.68. The lowest BCUT2D eigenvalue weighted by Crippen LogP contribution is -2.21. The van der Waals surface area contributed by atoms with Gasteiger partial charge in [0.25, 0.3) is 0 Å². The maximum Gasteiger partial charge on any atom is 0.0138 e. The lowest BCUT2D eigenvalue weighted by atomic mass is 9.69. The van der Waals surface area contributed by atoms with Gasteiger partial charge in [0.2, 0.25) is 0 Å². The van der Waals surface area contributed by atoms with Crippen molar-refractivity contribution in [2.24, 2.45) is 5.41 Å². The van der Waals surface area contributed by atoms with Gasteiger partial charge in [0.05, 0.1) is 0 Å². The molecule has 0 fully saturated rings. The normalized spacial score (nSPS) is 24.1. The highest BCUT2D eigenvalue weighted by molar-refractivity contribution is 5.70. The molecule has 0 bridgehead atoms. The Morgan fingerprint density at radius 2 is 1.81 bits per heavy atom. The molecular weight excluding hydrogens is 252 g/mol. The third-order valence-corrected chi connectivity index (χ3v) is 4.99. The van der Waals surface area contributed by atoms with Crippen LogP contribution in [0.2, 0.25) is 0 Å². The SMILES string of the molecule is CCc1ccc(C2=CC=CC(CC)(C3=CC=CC3)C2)cc1. The lowest BCUT2D eigenvalue weighted by Gasteiger charge is -2.35. The zero-order valence-corrected chi connectivity index (χ0v) is 13.1. The Labute approximate surface area is 128 Å². The van der Waals surface area contributed by atoms with Crippen LogP contribution in [0.4, 0.5) is 0 Å². The van der Waals surface area contributed by atoms with Gasteiger partial charge in [0.15, 0.2) is 0 Å². The van der Waals surface area contributed by atoms with Crippen molar-refractivity contribution in [3.8, 4) is 0 Å². The van der Waals surface area contributed by atoms with E-state index in [-0.39, 0.29) is 5.41 Å². The topological polar surface area (TPSA) is 0 Å². The summed E-state index contributed by atoms with van der Waals surface area (Å²) in [6.07, 6.45) is 18.3. The van der Waals surface area contributed by atoms with E-state index in [1.807, 2.05) is 0 Å². The summed E-state index contributed by atoms with van der Waals surface area (Å²) in [7, 11) is 0. The van der Waals surface area contributed by atoms with E-state index in [4.69, 9.17) is 0 Å². The Morgan fingerprint density at radius 1 is 1.00 bits per heavy atom. The number of rotatable bonds is 4. The van der Waals surface area contributed by atoms with Crippen molar-refractivity contribution in [2.75, 3.05) is 0 Å². The summed E-state index contributed by atoms with van der Waals surface area (Å²) in [5.41, 5.74) is 6.04. The average molecular weight is 276 g/mol. The highest BCUT2D eigenvalue weighted by atomic mass is 14.4. The molecule has 1 unspecified atom stereocenters. The molecule has 2 aliphatic rings. The van der Waals surface area contributed by atoms with E-state index in [0.29, 0.717) is 0 Å². The number of allylic oxidation sites excluding steroid dienone is 8. The summed E-state index contributed by atoms with van der Waals surface area (Å²) in [5.74, 6) is 0. The molecule has 0 spiro atoms. The molecule has 21 heavy (non-hydrogen) atoms. The van der Waals surface area contributed by atoms with E-state index >= 15 is 0 Å². The van der Waals surface area contributed by atoms with E-state index in [1.165, 1.54) is 23.1 Å². The molecule has 0 saturated carbocycles. The van der Waals surface area contributed by atoms with Crippen LogP contribution in [0.3, 0.4) is 0 Å². The molecule has 0 nitrogen and oxygen atoms in total. The Hall–Kier alpha value is -1.82. The second-order valence-electron chi connectivity index (χ2n) is 6.11. The van der Waals surface area contributed by atoms with Crippen LogP contribution < -0.4 is 0 Å². The van der Waals surface area contributed by atoms with Crippen LogP contribution in [0.1, 0.15) is 44.2 Å². The van der Waals surface area contributed by atoms with Crippen LogP contribution in [0.5, 0.6) is 0 Å². The van der Waals surface area contributed by atoms with Crippen molar-refractivity contribution in [3.63, 3.8) is 0 Å². The lowest BCUT2D eigenvalue weighted by molar-refractivity contribution is 0.445. The van der Waals surface area contributed by atoms with Gasteiger partial charge in [-0.3, -0.25) is 0 Å². The van der Waals surface area contributed by atoms with Gasteiger partial charge < -0.3 is 0 Å². The van der Waals surface area contributed by atoms with Crippen molar-refractivity contribution >= 4 is 5.57 Å². The molecule has 0 aromatic heterocycles. The van der Waals surface area contributed by atoms with E-state index in [2.05, 4.69) is 74.6 Å². The summed E-state index contributed by atoms with van der Waals surface area (Å²) in [4.78, 5) is 0. The minimum atomic E-state index is 0.219. The second-order valence-corrected chi connectivity index (χ2v) is 6.11. The van der Waals surface area contributed by atoms with Crippen LogP contribution in [0.25, 0.3) is 5.57 Å². The van der Waals surface area contributed by atoms with Crippen molar-refractivity contribution in [3.05, 3.63) is 77.4 Å². The number of hydrogen-bond acceptors (Lipinski definition) is 0. The first-order valence-corrected chi connectivity index (χ1v) is 8.11. The summed E-state index contributed by atoms with van der Waals surface area (Å²) in [6, 6.07) is 9.09. The van der Waals surface area contributed by atoms with Crippen molar-refractivity contribution in [2.45, 2.75) is 39.5 Å². The van der Waals surface area contributed by atoms with Gasteiger partial charge in [0.1, 0.15) is 0 Å². The molecule has 0 aliphatic heterocycles. The first-order chi connectivity index (χ1) is 10.3. The molecule has 0 heterocycles. The van der Waals surface area contributed by atoms with Crippen LogP contribution in [-0.2, 0) is 6.42 Å². The Morgan fingerprint density at radius 3 is 2.43 bits per heavy atom. The van der Waals surface area contributed by atoms with E-state index in [0.717, 1.165) is 19.3 Å². The fourth-order valence-corrected chi connectivity index (χ4v) is 3.47. The van der Waals surface area contributed by atoms with Crippen LogP contribution in [0, 0.1) is 5.41 Å². The number of aryl methyl sites for hydroxylation is 1. The smallest absolute Gasteiger partial charge is 0.0138 e. The summed E-state index contributed by atoms with van der Waals surface area (Å²) in [6.45, 7) is 4.52. The predicted octanol–water partition coefficient (Wildman–Crippen LogP) is 5.88. The standard InChI is InChI=1S/C21H24/c1-3-17-11-13-18(14-12-17)19-8-7-15-21(4-2,16-19)20-9-5-6-10-20/h5-9,11-15H,3-4,10,16H2,1-2H3. The first kappa shape index (κ1) is 14.1. The van der Waals surface area contributed by atoms with Gasteiger partial charge in [-0.25, -0.2) is 0 Å². The molecule has 3 rings (SSSR count). The Kier molecular flexibility index (Phi) is 3.96. The van der Waals surface area contributed by atoms with Gasteiger partial charge in [0, 0.05) is 5.41 Å². The molecule has 1 aromatic carbocycles. The molecule has 0 heteroatoms. The largest absolute Gasteiger partial charge is 0.0804 e. The molecule has 0 saturated heterocycles. The molecule has 1 atom stereocenters. The molecule has 0 N–H and O–H groups in total. The highest BCUT2D eigenvalue weighted by Crippen LogP contribution is 2.46. The van der Waals surface area contributed by atoms with Crippen molar-refractivity contribution in [1.82, 2.24) is 0 Å². The zero-order valence-electron chi connectivity index (χ0n) is 13.1. The second kappa shape index (κ2) is 5.89. The fourth-order valence-electron chi connectivity index (χ4n) is 3.47. The molecule has 1 aromatic rings. The Bertz CT molecular complexity index is 623. The zero-order chi connectivity index (χ0) is 14.7. The van der Waals surface area contributed by atoms with Gasteiger partial charge in [-0.2, -0.15) is 0 Å². The molecule has 108 valence electrons. The van der Waals surface area contributed by atoms with E-state index in [9.17, 15) is 0 Å². The summed E-state index contributed by atoms with van der Waals surface area (Å²) >= 11 is 0. The fraction of sp³-hybridized carbons (Fsp3) is 0.333. The number of hydrogen-bond donors (Lipinski definition) is 0. The van der Waals surface area contributed by atoms with Gasteiger partial charge in [-0.05, 0) is 42.4 Å². The van der Waals surface area contributed by atoms with Crippen LogP contribution >= 0.6 is 0 Å². The molecule has 2 aliphatic carbocycles. The maximum absolute atomic E-state index is 2.41. The van der Waals surface area contributed by atoms with Crippen LogP contribution in [0.15, 0.2) is 66.3 Å². The number of benzene rings is 1. The third-order valence-electron chi connectivity index (χ3n) is 4.99. The quantitative estimate of drug-likeness (QED) is 0.644. The minimum Gasteiger partial charge on any atom is -0.0804 e. The van der Waals surface area contributed by atoms with Crippen LogP contribution in [-0.4, -0.2) is 0 Å². The van der Waals surface area contributed by atoms with E-state index < -0.39 is 0 Å². The first-order valence-electron chi connectivity index (χ1n) is 8.11. The van der Waals surface area contributed by atoms with E-state index in [1.54, 1.807) is 5.57 Å². The minimum absolute atomic E-state index is 0.219. The predicted molar refractivity (Wildman–Crippen MR) is 92.1 cm³/mol.